The van der Waals surface area contributed by atoms with Crippen molar-refractivity contribution in [1.82, 2.24) is 4.31 Å². The van der Waals surface area contributed by atoms with E-state index < -0.39 is 16.0 Å². The minimum Gasteiger partial charge on any atom is -0.477 e. The van der Waals surface area contributed by atoms with Gasteiger partial charge in [0.05, 0.1) is 6.61 Å². The predicted octanol–water partition coefficient (Wildman–Crippen LogP) is 1.41. The lowest BCUT2D eigenvalue weighted by atomic mass is 10.1. The molecule has 1 unspecified atom stereocenters. The van der Waals surface area contributed by atoms with Crippen LogP contribution in [-0.4, -0.2) is 50.6 Å². The van der Waals surface area contributed by atoms with Gasteiger partial charge in [0.2, 0.25) is 10.0 Å². The Hall–Kier alpha value is -0.960. The van der Waals surface area contributed by atoms with Crippen LogP contribution in [0.3, 0.4) is 0 Å². The Kier molecular flexibility index (Phi) is 4.48. The molecular weight excluding hydrogens is 302 g/mol. The van der Waals surface area contributed by atoms with Gasteiger partial charge in [-0.25, -0.2) is 13.2 Å². The molecule has 1 aromatic heterocycles. The highest BCUT2D eigenvalue weighted by Gasteiger charge is 2.36. The second-order valence-corrected chi connectivity index (χ2v) is 7.61. The van der Waals surface area contributed by atoms with Crippen molar-refractivity contribution in [2.45, 2.75) is 18.2 Å². The van der Waals surface area contributed by atoms with E-state index in [-0.39, 0.29) is 15.7 Å². The molecule has 0 spiro atoms. The van der Waals surface area contributed by atoms with Gasteiger partial charge in [-0.3, -0.25) is 0 Å². The van der Waals surface area contributed by atoms with Gasteiger partial charge in [0.1, 0.15) is 9.77 Å². The Labute approximate surface area is 122 Å². The van der Waals surface area contributed by atoms with E-state index in [1.54, 1.807) is 19.4 Å². The molecule has 112 valence electrons. The van der Waals surface area contributed by atoms with Crippen LogP contribution in [-0.2, 0) is 14.8 Å². The normalized spacial score (nSPS) is 20.4. The molecule has 1 atom stereocenters. The Morgan fingerprint density at radius 3 is 2.90 bits per heavy atom. The highest BCUT2D eigenvalue weighted by atomic mass is 32.2. The lowest BCUT2D eigenvalue weighted by Crippen LogP contribution is -2.30. The highest BCUT2D eigenvalue weighted by Crippen LogP contribution is 2.32. The third kappa shape index (κ3) is 2.73. The Morgan fingerprint density at radius 1 is 1.60 bits per heavy atom. The van der Waals surface area contributed by atoms with Gasteiger partial charge >= 0.3 is 5.97 Å². The third-order valence-electron chi connectivity index (χ3n) is 3.36. The fourth-order valence-electron chi connectivity index (χ4n) is 2.42. The first-order chi connectivity index (χ1) is 9.37. The number of hydrogen-bond acceptors (Lipinski definition) is 5. The molecule has 2 rings (SSSR count). The second kappa shape index (κ2) is 5.80. The van der Waals surface area contributed by atoms with Gasteiger partial charge in [-0.1, -0.05) is 0 Å². The zero-order valence-corrected chi connectivity index (χ0v) is 13.0. The van der Waals surface area contributed by atoms with Gasteiger partial charge in [0.25, 0.3) is 0 Å². The molecule has 6 nitrogen and oxygen atoms in total. The van der Waals surface area contributed by atoms with Crippen molar-refractivity contribution in [3.63, 3.8) is 0 Å². The van der Waals surface area contributed by atoms with E-state index in [2.05, 4.69) is 0 Å². The molecule has 2 heterocycles. The number of thiophene rings is 1. The minimum absolute atomic E-state index is 0.0620. The number of aryl methyl sites for hydroxylation is 1. The summed E-state index contributed by atoms with van der Waals surface area (Å²) in [6, 6.07) is 0. The Morgan fingerprint density at radius 2 is 2.30 bits per heavy atom. The van der Waals surface area contributed by atoms with Crippen LogP contribution in [0.15, 0.2) is 10.3 Å². The lowest BCUT2D eigenvalue weighted by Gasteiger charge is -2.17. The zero-order chi connectivity index (χ0) is 14.9. The molecule has 1 fully saturated rings. The molecular formula is C12H17NO5S2. The standard InChI is InChI=1S/C12H17NO5S2/c1-8-7-19-10(12(14)15)11(8)20(16,17)13-4-3-9(5-13)6-18-2/h7,9H,3-6H2,1-2H3,(H,14,15). The van der Waals surface area contributed by atoms with Crippen molar-refractivity contribution in [3.05, 3.63) is 15.8 Å². The van der Waals surface area contributed by atoms with Crippen molar-refractivity contribution < 1.29 is 23.1 Å². The Balaban J connectivity index is 2.32. The number of ether oxygens (including phenoxy) is 1. The fraction of sp³-hybridized carbons (Fsp3) is 0.583. The third-order valence-corrected chi connectivity index (χ3v) is 6.63. The van der Waals surface area contributed by atoms with Crippen molar-refractivity contribution in [1.29, 1.82) is 0 Å². The summed E-state index contributed by atoms with van der Waals surface area (Å²) in [5.74, 6) is -1.03. The molecule has 1 saturated heterocycles. The van der Waals surface area contributed by atoms with E-state index in [0.29, 0.717) is 25.3 Å². The van der Waals surface area contributed by atoms with E-state index in [4.69, 9.17) is 9.84 Å². The number of carboxylic acid groups (broad SMARTS) is 1. The van der Waals surface area contributed by atoms with E-state index in [9.17, 15) is 13.2 Å². The minimum atomic E-state index is -3.75. The molecule has 0 radical (unpaired) electrons. The maximum absolute atomic E-state index is 12.6. The predicted molar refractivity (Wildman–Crippen MR) is 74.8 cm³/mol. The molecule has 0 bridgehead atoms. The number of rotatable bonds is 5. The molecule has 1 aromatic rings. The van der Waals surface area contributed by atoms with Crippen molar-refractivity contribution in [2.75, 3.05) is 26.8 Å². The van der Waals surface area contributed by atoms with Gasteiger partial charge in [-0.2, -0.15) is 4.31 Å². The largest absolute Gasteiger partial charge is 0.477 e. The van der Waals surface area contributed by atoms with E-state index >= 15 is 0 Å². The highest BCUT2D eigenvalue weighted by molar-refractivity contribution is 7.89. The van der Waals surface area contributed by atoms with Gasteiger partial charge < -0.3 is 9.84 Å². The smallest absolute Gasteiger partial charge is 0.347 e. The Bertz CT molecular complexity index is 607. The topological polar surface area (TPSA) is 83.9 Å². The van der Waals surface area contributed by atoms with Crippen LogP contribution >= 0.6 is 11.3 Å². The fourth-order valence-corrected chi connectivity index (χ4v) is 5.53. The number of nitrogens with zero attached hydrogens (tertiary/aromatic N) is 1. The quantitative estimate of drug-likeness (QED) is 0.887. The number of methoxy groups -OCH3 is 1. The van der Waals surface area contributed by atoms with Gasteiger partial charge in [-0.05, 0) is 30.2 Å². The van der Waals surface area contributed by atoms with Crippen molar-refractivity contribution >= 4 is 27.3 Å². The van der Waals surface area contributed by atoms with Crippen molar-refractivity contribution in [2.24, 2.45) is 5.92 Å². The van der Waals surface area contributed by atoms with Gasteiger partial charge in [0, 0.05) is 20.2 Å². The average Bonchev–Trinajstić information content (AvgIpc) is 2.96. The summed E-state index contributed by atoms with van der Waals surface area (Å²) in [4.78, 5) is 11.0. The number of aromatic carboxylic acids is 1. The van der Waals surface area contributed by atoms with Crippen LogP contribution in [0, 0.1) is 12.8 Å². The molecule has 1 N–H and O–H groups in total. The number of carbonyl (C=O) groups is 1. The first-order valence-corrected chi connectivity index (χ1v) is 8.50. The van der Waals surface area contributed by atoms with E-state index in [0.717, 1.165) is 17.8 Å². The lowest BCUT2D eigenvalue weighted by molar-refractivity contribution is 0.0698. The summed E-state index contributed by atoms with van der Waals surface area (Å²) >= 11 is 0.951. The first kappa shape index (κ1) is 15.4. The molecule has 8 heteroatoms. The first-order valence-electron chi connectivity index (χ1n) is 6.18. The van der Waals surface area contributed by atoms with Crippen LogP contribution < -0.4 is 0 Å². The van der Waals surface area contributed by atoms with Crippen molar-refractivity contribution in [3.8, 4) is 0 Å². The summed E-state index contributed by atoms with van der Waals surface area (Å²) in [6.45, 7) is 2.92. The monoisotopic (exact) mass is 319 g/mol. The summed E-state index contributed by atoms with van der Waals surface area (Å²) in [6.07, 6.45) is 0.735. The van der Waals surface area contributed by atoms with E-state index in [1.807, 2.05) is 0 Å². The van der Waals surface area contributed by atoms with Crippen LogP contribution in [0.4, 0.5) is 0 Å². The molecule has 1 aliphatic rings. The summed E-state index contributed by atoms with van der Waals surface area (Å²) in [7, 11) is -2.16. The van der Waals surface area contributed by atoms with Crippen LogP contribution in [0.2, 0.25) is 0 Å². The van der Waals surface area contributed by atoms with E-state index in [1.165, 1.54) is 4.31 Å². The maximum Gasteiger partial charge on any atom is 0.347 e. The average molecular weight is 319 g/mol. The number of carboxylic acids is 1. The number of hydrogen-bond donors (Lipinski definition) is 1. The van der Waals surface area contributed by atoms with Crippen LogP contribution in [0.1, 0.15) is 21.7 Å². The molecule has 20 heavy (non-hydrogen) atoms. The van der Waals surface area contributed by atoms with Gasteiger partial charge in [0.15, 0.2) is 0 Å². The van der Waals surface area contributed by atoms with Crippen LogP contribution in [0.5, 0.6) is 0 Å². The molecule has 1 aliphatic heterocycles. The number of sulfonamides is 1. The summed E-state index contributed by atoms with van der Waals surface area (Å²) < 4.78 is 31.6. The van der Waals surface area contributed by atoms with Crippen LogP contribution in [0.25, 0.3) is 0 Å². The van der Waals surface area contributed by atoms with Gasteiger partial charge in [-0.15, -0.1) is 11.3 Å². The molecule has 0 amide bonds. The summed E-state index contributed by atoms with van der Waals surface area (Å²) in [5.41, 5.74) is 0.489. The second-order valence-electron chi connectivity index (χ2n) is 4.86. The maximum atomic E-state index is 12.6. The molecule has 0 aromatic carbocycles. The SMILES string of the molecule is COCC1CCN(S(=O)(=O)c2c(C)csc2C(=O)O)C1. The molecule has 0 aliphatic carbocycles. The zero-order valence-electron chi connectivity index (χ0n) is 11.3. The molecule has 0 saturated carbocycles. The summed E-state index contributed by atoms with van der Waals surface area (Å²) in [5, 5.41) is 10.7.